The molecule has 1 aromatic carbocycles. The number of rotatable bonds is 8. The number of hydrogen-bond acceptors (Lipinski definition) is 3. The van der Waals surface area contributed by atoms with Crippen molar-refractivity contribution in [2.75, 3.05) is 18.8 Å². The van der Waals surface area contributed by atoms with Crippen LogP contribution in [0.3, 0.4) is 0 Å². The van der Waals surface area contributed by atoms with Crippen LogP contribution in [0.5, 0.6) is 0 Å². The second kappa shape index (κ2) is 8.64. The highest BCUT2D eigenvalue weighted by Crippen LogP contribution is 2.19. The van der Waals surface area contributed by atoms with Gasteiger partial charge in [-0.25, -0.2) is 0 Å². The van der Waals surface area contributed by atoms with Gasteiger partial charge in [-0.1, -0.05) is 17.7 Å². The lowest BCUT2D eigenvalue weighted by atomic mass is 10.2. The van der Waals surface area contributed by atoms with Gasteiger partial charge in [0.05, 0.1) is 6.42 Å². The lowest BCUT2D eigenvalue weighted by Crippen LogP contribution is -2.33. The van der Waals surface area contributed by atoms with E-state index in [4.69, 9.17) is 5.11 Å². The molecular formula is C15H21NO3S. The van der Waals surface area contributed by atoms with Crippen molar-refractivity contribution in [1.82, 2.24) is 4.90 Å². The number of benzene rings is 1. The van der Waals surface area contributed by atoms with Crippen LogP contribution in [0.1, 0.15) is 25.3 Å². The van der Waals surface area contributed by atoms with Gasteiger partial charge in [0.25, 0.3) is 0 Å². The summed E-state index contributed by atoms with van der Waals surface area (Å²) in [6, 6.07) is 8.20. The Hall–Kier alpha value is -1.49. The molecule has 4 nitrogen and oxygen atoms in total. The van der Waals surface area contributed by atoms with Crippen LogP contribution in [-0.4, -0.2) is 40.7 Å². The molecule has 110 valence electrons. The third-order valence-electron chi connectivity index (χ3n) is 2.94. The van der Waals surface area contributed by atoms with Crippen molar-refractivity contribution in [3.8, 4) is 0 Å². The number of carbonyl (C=O) groups excluding carboxylic acids is 1. The summed E-state index contributed by atoms with van der Waals surface area (Å²) >= 11 is 1.65. The maximum atomic E-state index is 12.0. The Balaban J connectivity index is 2.33. The molecule has 0 fully saturated rings. The van der Waals surface area contributed by atoms with Gasteiger partial charge in [0, 0.05) is 30.2 Å². The first-order valence-electron chi connectivity index (χ1n) is 6.72. The topological polar surface area (TPSA) is 57.6 Å². The predicted octanol–water partition coefficient (Wildman–Crippen LogP) is 2.80. The zero-order valence-electron chi connectivity index (χ0n) is 12.0. The van der Waals surface area contributed by atoms with Gasteiger partial charge in [-0.15, -0.1) is 11.8 Å². The highest BCUT2D eigenvalue weighted by atomic mass is 32.2. The van der Waals surface area contributed by atoms with Crippen LogP contribution in [0, 0.1) is 6.92 Å². The molecule has 0 spiro atoms. The van der Waals surface area contributed by atoms with Crippen LogP contribution in [-0.2, 0) is 9.59 Å². The van der Waals surface area contributed by atoms with E-state index >= 15 is 0 Å². The molecule has 0 atom stereocenters. The minimum Gasteiger partial charge on any atom is -0.481 e. The molecule has 1 amide bonds. The molecule has 0 saturated heterocycles. The minimum atomic E-state index is -0.870. The first-order valence-corrected chi connectivity index (χ1v) is 7.70. The number of amides is 1. The molecule has 1 aromatic rings. The molecule has 0 bridgehead atoms. The van der Waals surface area contributed by atoms with Crippen LogP contribution < -0.4 is 0 Å². The van der Waals surface area contributed by atoms with Crippen LogP contribution in [0.4, 0.5) is 0 Å². The molecule has 20 heavy (non-hydrogen) atoms. The third-order valence-corrected chi connectivity index (χ3v) is 3.95. The molecule has 0 aliphatic heterocycles. The maximum Gasteiger partial charge on any atom is 0.305 e. The zero-order valence-corrected chi connectivity index (χ0v) is 12.8. The highest BCUT2D eigenvalue weighted by molar-refractivity contribution is 7.99. The molecule has 0 unspecified atom stereocenters. The zero-order chi connectivity index (χ0) is 15.0. The normalized spacial score (nSPS) is 10.3. The Kier molecular flexibility index (Phi) is 7.15. The van der Waals surface area contributed by atoms with E-state index in [1.807, 2.05) is 26.0 Å². The Morgan fingerprint density at radius 3 is 2.40 bits per heavy atom. The van der Waals surface area contributed by atoms with E-state index in [1.165, 1.54) is 5.56 Å². The van der Waals surface area contributed by atoms with Gasteiger partial charge in [0.2, 0.25) is 5.91 Å². The first-order chi connectivity index (χ1) is 9.52. The number of hydrogen-bond donors (Lipinski definition) is 1. The summed E-state index contributed by atoms with van der Waals surface area (Å²) in [5, 5.41) is 8.64. The van der Waals surface area contributed by atoms with Crippen LogP contribution in [0.15, 0.2) is 29.2 Å². The summed E-state index contributed by atoms with van der Waals surface area (Å²) in [6.07, 6.45) is 0.441. The Morgan fingerprint density at radius 1 is 1.20 bits per heavy atom. The van der Waals surface area contributed by atoms with Crippen molar-refractivity contribution in [3.63, 3.8) is 0 Å². The SMILES string of the molecule is CCN(CCC(=O)O)C(=O)CCSc1ccc(C)cc1. The van der Waals surface area contributed by atoms with E-state index in [0.717, 1.165) is 4.90 Å². The lowest BCUT2D eigenvalue weighted by Gasteiger charge is -2.19. The average molecular weight is 295 g/mol. The number of aliphatic carboxylic acids is 1. The largest absolute Gasteiger partial charge is 0.481 e. The van der Waals surface area contributed by atoms with Gasteiger partial charge < -0.3 is 10.0 Å². The van der Waals surface area contributed by atoms with E-state index in [1.54, 1.807) is 16.7 Å². The number of aryl methyl sites for hydroxylation is 1. The molecule has 0 heterocycles. The van der Waals surface area contributed by atoms with Gasteiger partial charge in [0.15, 0.2) is 0 Å². The molecular weight excluding hydrogens is 274 g/mol. The van der Waals surface area contributed by atoms with E-state index < -0.39 is 5.97 Å². The van der Waals surface area contributed by atoms with E-state index in [-0.39, 0.29) is 12.3 Å². The van der Waals surface area contributed by atoms with Crippen molar-refractivity contribution in [2.45, 2.75) is 31.6 Å². The quantitative estimate of drug-likeness (QED) is 0.749. The second-order valence-electron chi connectivity index (χ2n) is 4.53. The molecule has 0 saturated carbocycles. The van der Waals surface area contributed by atoms with Crippen molar-refractivity contribution in [1.29, 1.82) is 0 Å². The number of nitrogens with zero attached hydrogens (tertiary/aromatic N) is 1. The van der Waals surface area contributed by atoms with Gasteiger partial charge in [0.1, 0.15) is 0 Å². The second-order valence-corrected chi connectivity index (χ2v) is 5.70. The fraction of sp³-hybridized carbons (Fsp3) is 0.467. The Bertz CT molecular complexity index is 445. The summed E-state index contributed by atoms with van der Waals surface area (Å²) in [4.78, 5) is 25.2. The molecule has 0 aliphatic carbocycles. The summed E-state index contributed by atoms with van der Waals surface area (Å²) in [5.74, 6) is -0.135. The monoisotopic (exact) mass is 295 g/mol. The number of carbonyl (C=O) groups is 2. The standard InChI is InChI=1S/C15H21NO3S/c1-3-16(10-8-15(18)19)14(17)9-11-20-13-6-4-12(2)5-7-13/h4-7H,3,8-11H2,1-2H3,(H,18,19). The molecule has 0 aromatic heterocycles. The van der Waals surface area contributed by atoms with Gasteiger partial charge in [-0.3, -0.25) is 9.59 Å². The van der Waals surface area contributed by atoms with Crippen molar-refractivity contribution in [3.05, 3.63) is 29.8 Å². The van der Waals surface area contributed by atoms with E-state index in [2.05, 4.69) is 12.1 Å². The van der Waals surface area contributed by atoms with Crippen molar-refractivity contribution >= 4 is 23.6 Å². The summed E-state index contributed by atoms with van der Waals surface area (Å²) < 4.78 is 0. The molecule has 0 radical (unpaired) electrons. The van der Waals surface area contributed by atoms with E-state index in [9.17, 15) is 9.59 Å². The third kappa shape index (κ3) is 6.10. The number of carboxylic acid groups (broad SMARTS) is 1. The minimum absolute atomic E-state index is 0.00465. The van der Waals surface area contributed by atoms with Gasteiger partial charge >= 0.3 is 5.97 Å². The van der Waals surface area contributed by atoms with Gasteiger partial charge in [-0.2, -0.15) is 0 Å². The maximum absolute atomic E-state index is 12.0. The number of carboxylic acids is 1. The molecule has 0 aliphatic rings. The number of thioether (sulfide) groups is 1. The van der Waals surface area contributed by atoms with Crippen LogP contribution in [0.2, 0.25) is 0 Å². The molecule has 1 N–H and O–H groups in total. The Morgan fingerprint density at radius 2 is 1.85 bits per heavy atom. The summed E-state index contributed by atoms with van der Waals surface area (Å²) in [7, 11) is 0. The van der Waals surface area contributed by atoms with Crippen molar-refractivity contribution < 1.29 is 14.7 Å². The highest BCUT2D eigenvalue weighted by Gasteiger charge is 2.12. The average Bonchev–Trinajstić information content (AvgIpc) is 2.41. The van der Waals surface area contributed by atoms with E-state index in [0.29, 0.717) is 25.3 Å². The van der Waals surface area contributed by atoms with Crippen LogP contribution >= 0.6 is 11.8 Å². The predicted molar refractivity (Wildman–Crippen MR) is 81.0 cm³/mol. The summed E-state index contributed by atoms with van der Waals surface area (Å²) in [5.41, 5.74) is 1.22. The molecule has 1 rings (SSSR count). The Labute approximate surface area is 124 Å². The fourth-order valence-corrected chi connectivity index (χ4v) is 2.58. The van der Waals surface area contributed by atoms with Crippen molar-refractivity contribution in [2.24, 2.45) is 0 Å². The lowest BCUT2D eigenvalue weighted by molar-refractivity contribution is -0.138. The smallest absolute Gasteiger partial charge is 0.305 e. The first kappa shape index (κ1) is 16.6. The molecule has 5 heteroatoms. The van der Waals surface area contributed by atoms with Crippen LogP contribution in [0.25, 0.3) is 0 Å². The summed E-state index contributed by atoms with van der Waals surface area (Å²) in [6.45, 7) is 4.76. The fourth-order valence-electron chi connectivity index (χ4n) is 1.74. The van der Waals surface area contributed by atoms with Gasteiger partial charge in [-0.05, 0) is 26.0 Å².